The van der Waals surface area contributed by atoms with Gasteiger partial charge in [0.1, 0.15) is 5.75 Å². The number of fused-ring (bicyclic) bond motifs is 1. The molecule has 1 fully saturated rings. The Morgan fingerprint density at radius 3 is 2.71 bits per heavy atom. The summed E-state index contributed by atoms with van der Waals surface area (Å²) in [6.45, 7) is 0.794. The van der Waals surface area contributed by atoms with Gasteiger partial charge in [-0.3, -0.25) is 4.68 Å². The van der Waals surface area contributed by atoms with E-state index in [1.807, 2.05) is 42.2 Å². The molecule has 6 heteroatoms. The van der Waals surface area contributed by atoms with E-state index in [1.165, 1.54) is 37.8 Å². The van der Waals surface area contributed by atoms with Gasteiger partial charge in [0.05, 0.1) is 18.8 Å². The lowest BCUT2D eigenvalue weighted by atomic mass is 9.90. The molecule has 2 aliphatic carbocycles. The Morgan fingerprint density at radius 1 is 1.14 bits per heavy atom. The third kappa shape index (κ3) is 4.49. The van der Waals surface area contributed by atoms with E-state index in [0.29, 0.717) is 5.92 Å². The second-order valence-electron chi connectivity index (χ2n) is 8.05. The van der Waals surface area contributed by atoms with Crippen LogP contribution in [0.3, 0.4) is 0 Å². The van der Waals surface area contributed by atoms with Crippen LogP contribution in [0.4, 0.5) is 10.5 Å². The molecular weight excluding hydrogens is 352 g/mol. The number of amides is 2. The van der Waals surface area contributed by atoms with E-state index in [9.17, 15) is 4.79 Å². The number of carbonyl (C=O) groups is 1. The van der Waals surface area contributed by atoms with Gasteiger partial charge in [0.15, 0.2) is 0 Å². The number of nitrogens with zero attached hydrogens (tertiary/aromatic N) is 2. The molecule has 2 aliphatic rings. The minimum absolute atomic E-state index is 0.0237. The van der Waals surface area contributed by atoms with Gasteiger partial charge >= 0.3 is 6.03 Å². The highest BCUT2D eigenvalue weighted by Gasteiger charge is 2.24. The van der Waals surface area contributed by atoms with Crippen molar-refractivity contribution in [2.45, 2.75) is 57.4 Å². The first-order valence-corrected chi connectivity index (χ1v) is 10.5. The average molecular weight is 383 g/mol. The van der Waals surface area contributed by atoms with Crippen LogP contribution in [0.1, 0.15) is 62.2 Å². The lowest BCUT2D eigenvalue weighted by molar-refractivity contribution is 0.209. The Balaban J connectivity index is 1.28. The van der Waals surface area contributed by atoms with Crippen molar-refractivity contribution < 1.29 is 9.53 Å². The van der Waals surface area contributed by atoms with Crippen LogP contribution in [0.2, 0.25) is 0 Å². The summed E-state index contributed by atoms with van der Waals surface area (Å²) in [5, 5.41) is 10.3. The molecule has 28 heavy (non-hydrogen) atoms. The van der Waals surface area contributed by atoms with Crippen molar-refractivity contribution in [3.05, 3.63) is 41.7 Å². The van der Waals surface area contributed by atoms with Gasteiger partial charge < -0.3 is 15.4 Å². The van der Waals surface area contributed by atoms with Crippen molar-refractivity contribution in [2.24, 2.45) is 13.0 Å². The predicted octanol–water partition coefficient (Wildman–Crippen LogP) is 4.58. The Labute approximate surface area is 166 Å². The molecule has 6 nitrogen and oxygen atoms in total. The van der Waals surface area contributed by atoms with Gasteiger partial charge in [-0.1, -0.05) is 19.3 Å². The first-order chi connectivity index (χ1) is 13.7. The number of rotatable bonds is 5. The third-order valence-electron chi connectivity index (χ3n) is 6.00. The van der Waals surface area contributed by atoms with E-state index < -0.39 is 0 Å². The molecular formula is C22H30N4O2. The second kappa shape index (κ2) is 8.67. The van der Waals surface area contributed by atoms with Crippen molar-refractivity contribution in [1.82, 2.24) is 15.1 Å². The summed E-state index contributed by atoms with van der Waals surface area (Å²) in [5.41, 5.74) is 3.12. The van der Waals surface area contributed by atoms with Crippen LogP contribution >= 0.6 is 0 Å². The van der Waals surface area contributed by atoms with E-state index in [0.717, 1.165) is 42.9 Å². The van der Waals surface area contributed by atoms with Gasteiger partial charge in [-0.2, -0.15) is 5.10 Å². The fourth-order valence-corrected chi connectivity index (χ4v) is 4.38. The Hall–Kier alpha value is -2.50. The largest absolute Gasteiger partial charge is 0.493 e. The average Bonchev–Trinajstić information content (AvgIpc) is 3.10. The van der Waals surface area contributed by atoms with Gasteiger partial charge in [0.2, 0.25) is 0 Å². The molecule has 1 heterocycles. The summed E-state index contributed by atoms with van der Waals surface area (Å²) in [6, 6.07) is 7.49. The monoisotopic (exact) mass is 382 g/mol. The summed E-state index contributed by atoms with van der Waals surface area (Å²) >= 11 is 0. The number of hydrogen-bond donors (Lipinski definition) is 2. The second-order valence-corrected chi connectivity index (χ2v) is 8.05. The van der Waals surface area contributed by atoms with E-state index in [2.05, 4.69) is 15.7 Å². The van der Waals surface area contributed by atoms with Crippen molar-refractivity contribution in [1.29, 1.82) is 0 Å². The van der Waals surface area contributed by atoms with E-state index in [1.54, 1.807) is 0 Å². The summed E-state index contributed by atoms with van der Waals surface area (Å²) in [6.07, 6.45) is 11.5. The standard InChI is InChI=1S/C22H30N4O2/c1-26-21-9-5-8-20(19(21)14-23-26)25-22(27)24-17-10-12-18(13-11-17)28-15-16-6-3-2-4-7-16/h10-14,16,20H,2-9,15H2,1H3,(H2,24,25,27). The SMILES string of the molecule is Cn1ncc2c1CCCC2NC(=O)Nc1ccc(OCC2CCCCC2)cc1. The fraction of sp³-hybridized carbons (Fsp3) is 0.545. The minimum Gasteiger partial charge on any atom is -0.493 e. The zero-order valence-corrected chi connectivity index (χ0v) is 16.6. The lowest BCUT2D eigenvalue weighted by Crippen LogP contribution is -2.34. The van der Waals surface area contributed by atoms with E-state index >= 15 is 0 Å². The molecule has 150 valence electrons. The van der Waals surface area contributed by atoms with Crippen LogP contribution in [-0.4, -0.2) is 22.4 Å². The maximum atomic E-state index is 12.4. The highest BCUT2D eigenvalue weighted by Crippen LogP contribution is 2.29. The number of benzene rings is 1. The molecule has 0 radical (unpaired) electrons. The molecule has 2 amide bonds. The van der Waals surface area contributed by atoms with Crippen LogP contribution in [0, 0.1) is 5.92 Å². The fourth-order valence-electron chi connectivity index (χ4n) is 4.38. The quantitative estimate of drug-likeness (QED) is 0.795. The molecule has 0 saturated heterocycles. The predicted molar refractivity (Wildman–Crippen MR) is 110 cm³/mol. The topological polar surface area (TPSA) is 68.2 Å². The highest BCUT2D eigenvalue weighted by molar-refractivity contribution is 5.89. The maximum absolute atomic E-state index is 12.4. The van der Waals surface area contributed by atoms with Crippen LogP contribution in [-0.2, 0) is 13.5 Å². The molecule has 4 rings (SSSR count). The van der Waals surface area contributed by atoms with Crippen molar-refractivity contribution in [3.8, 4) is 5.75 Å². The Kier molecular flexibility index (Phi) is 5.84. The summed E-state index contributed by atoms with van der Waals surface area (Å²) in [4.78, 5) is 12.4. The molecule has 0 spiro atoms. The Morgan fingerprint density at radius 2 is 1.93 bits per heavy atom. The zero-order valence-electron chi connectivity index (χ0n) is 16.6. The molecule has 2 N–H and O–H groups in total. The van der Waals surface area contributed by atoms with Crippen molar-refractivity contribution in [3.63, 3.8) is 0 Å². The number of aromatic nitrogens is 2. The molecule has 0 aliphatic heterocycles. The van der Waals surface area contributed by atoms with Crippen LogP contribution in [0.25, 0.3) is 0 Å². The number of carbonyl (C=O) groups excluding carboxylic acids is 1. The number of urea groups is 1. The van der Waals surface area contributed by atoms with Crippen molar-refractivity contribution in [2.75, 3.05) is 11.9 Å². The van der Waals surface area contributed by atoms with Gasteiger partial charge in [-0.15, -0.1) is 0 Å². The van der Waals surface area contributed by atoms with Crippen LogP contribution in [0.15, 0.2) is 30.5 Å². The summed E-state index contributed by atoms with van der Waals surface area (Å²) in [5.74, 6) is 1.55. The smallest absolute Gasteiger partial charge is 0.319 e. The molecule has 1 unspecified atom stereocenters. The number of aryl methyl sites for hydroxylation is 1. The van der Waals surface area contributed by atoms with Crippen molar-refractivity contribution >= 4 is 11.7 Å². The third-order valence-corrected chi connectivity index (χ3v) is 6.00. The van der Waals surface area contributed by atoms with Gasteiger partial charge in [-0.05, 0) is 62.3 Å². The molecule has 1 atom stereocenters. The van der Waals surface area contributed by atoms with Gasteiger partial charge in [0, 0.05) is 24.0 Å². The Bertz CT molecular complexity index is 793. The zero-order chi connectivity index (χ0) is 19.3. The van der Waals surface area contributed by atoms with E-state index in [-0.39, 0.29) is 12.1 Å². The lowest BCUT2D eigenvalue weighted by Gasteiger charge is -2.24. The van der Waals surface area contributed by atoms with Crippen LogP contribution in [0.5, 0.6) is 5.75 Å². The van der Waals surface area contributed by atoms with Crippen LogP contribution < -0.4 is 15.4 Å². The normalized spacial score (nSPS) is 19.7. The molecule has 1 saturated carbocycles. The van der Waals surface area contributed by atoms with Gasteiger partial charge in [0.25, 0.3) is 0 Å². The first kappa shape index (κ1) is 18.8. The maximum Gasteiger partial charge on any atom is 0.319 e. The number of anilines is 1. The number of hydrogen-bond acceptors (Lipinski definition) is 3. The molecule has 1 aromatic carbocycles. The summed E-state index contributed by atoms with van der Waals surface area (Å²) < 4.78 is 7.84. The molecule has 2 aromatic rings. The molecule has 0 bridgehead atoms. The van der Waals surface area contributed by atoms with E-state index in [4.69, 9.17) is 4.74 Å². The number of nitrogens with one attached hydrogen (secondary N) is 2. The summed E-state index contributed by atoms with van der Waals surface area (Å²) in [7, 11) is 1.96. The van der Waals surface area contributed by atoms with Gasteiger partial charge in [-0.25, -0.2) is 4.79 Å². The molecule has 1 aromatic heterocycles. The number of ether oxygens (including phenoxy) is 1. The highest BCUT2D eigenvalue weighted by atomic mass is 16.5. The minimum atomic E-state index is -0.183. The first-order valence-electron chi connectivity index (χ1n) is 10.5.